The van der Waals surface area contributed by atoms with Crippen LogP contribution in [-0.4, -0.2) is 37.0 Å². The molecule has 0 aliphatic rings. The van der Waals surface area contributed by atoms with Gasteiger partial charge in [-0.3, -0.25) is 9.78 Å². The van der Waals surface area contributed by atoms with Crippen molar-refractivity contribution in [2.45, 2.75) is 19.8 Å². The molecule has 120 valence electrons. The number of rotatable bonds is 6. The molecule has 0 saturated heterocycles. The third kappa shape index (κ3) is 3.94. The molecule has 0 saturated carbocycles. The summed E-state index contributed by atoms with van der Waals surface area (Å²) >= 11 is 0. The van der Waals surface area contributed by atoms with Gasteiger partial charge in [0.05, 0.1) is 12.4 Å². The second-order valence-electron chi connectivity index (χ2n) is 4.83. The monoisotopic (exact) mass is 328 g/mol. The van der Waals surface area contributed by atoms with E-state index in [-0.39, 0.29) is 35.9 Å². The molecule has 2 rings (SSSR count). The number of nitrogens with one attached hydrogen (secondary N) is 1. The zero-order valence-electron chi connectivity index (χ0n) is 12.2. The van der Waals surface area contributed by atoms with Crippen molar-refractivity contribution in [2.24, 2.45) is 0 Å². The van der Waals surface area contributed by atoms with E-state index in [2.05, 4.69) is 9.97 Å². The minimum atomic E-state index is -3.07. The number of nitrogens with zero attached hydrogens (tertiary/aromatic N) is 1. The van der Waals surface area contributed by atoms with Gasteiger partial charge in [-0.25, -0.2) is 13.2 Å². The van der Waals surface area contributed by atoms with Crippen LogP contribution in [0, 0.1) is 0 Å². The molecular weight excluding hydrogens is 312 g/mol. The average molecular weight is 328 g/mol. The van der Waals surface area contributed by atoms with Crippen LogP contribution in [0.3, 0.4) is 0 Å². The smallest absolute Gasteiger partial charge is 0.337 e. The topological polar surface area (TPSA) is 119 Å². The van der Waals surface area contributed by atoms with Crippen LogP contribution in [0.1, 0.15) is 18.9 Å². The minimum Gasteiger partial charge on any atom is -0.465 e. The van der Waals surface area contributed by atoms with Crippen LogP contribution in [0.25, 0.3) is 11.1 Å². The number of sulfone groups is 1. The number of aromatic nitrogens is 2. The summed E-state index contributed by atoms with van der Waals surface area (Å²) < 4.78 is 32.1. The van der Waals surface area contributed by atoms with E-state index < -0.39 is 21.0 Å². The van der Waals surface area contributed by atoms with Gasteiger partial charge in [-0.1, -0.05) is 6.92 Å². The van der Waals surface area contributed by atoms with E-state index in [1.54, 1.807) is 0 Å². The summed E-state index contributed by atoms with van der Waals surface area (Å²) in [5.41, 5.74) is -0.607. The SMILES string of the molecule is CCc1cc(=O)oc2nc(OCCCS(C)(=O)=O)[nH]c(=O)c12. The first-order chi connectivity index (χ1) is 10.3. The molecule has 0 amide bonds. The fraction of sp³-hybridized carbons (Fsp3) is 0.462. The molecule has 0 radical (unpaired) electrons. The van der Waals surface area contributed by atoms with Gasteiger partial charge in [0.25, 0.3) is 11.6 Å². The van der Waals surface area contributed by atoms with Gasteiger partial charge in [0.1, 0.15) is 15.2 Å². The average Bonchev–Trinajstić information content (AvgIpc) is 2.41. The molecular formula is C13H16N2O6S. The molecule has 0 aliphatic heterocycles. The largest absolute Gasteiger partial charge is 0.465 e. The van der Waals surface area contributed by atoms with Crippen LogP contribution in [0.5, 0.6) is 6.01 Å². The van der Waals surface area contributed by atoms with Crippen LogP contribution >= 0.6 is 0 Å². The van der Waals surface area contributed by atoms with Crippen LogP contribution in [0.4, 0.5) is 0 Å². The lowest BCUT2D eigenvalue weighted by Crippen LogP contribution is -2.16. The highest BCUT2D eigenvalue weighted by Crippen LogP contribution is 2.13. The van der Waals surface area contributed by atoms with Gasteiger partial charge in [-0.05, 0) is 18.4 Å². The first-order valence-electron chi connectivity index (χ1n) is 6.67. The van der Waals surface area contributed by atoms with Crippen molar-refractivity contribution in [1.82, 2.24) is 9.97 Å². The second kappa shape index (κ2) is 6.30. The lowest BCUT2D eigenvalue weighted by Gasteiger charge is -2.06. The highest BCUT2D eigenvalue weighted by Gasteiger charge is 2.12. The van der Waals surface area contributed by atoms with Gasteiger partial charge in [-0.2, -0.15) is 4.98 Å². The number of H-pyrrole nitrogens is 1. The third-order valence-electron chi connectivity index (χ3n) is 2.95. The number of fused-ring (bicyclic) bond motifs is 1. The van der Waals surface area contributed by atoms with E-state index in [1.807, 2.05) is 6.92 Å². The molecule has 0 bridgehead atoms. The standard InChI is InChI=1S/C13H16N2O6S/c1-3-8-7-9(16)21-12-10(8)11(17)14-13(15-12)20-5-4-6-22(2,18)19/h7H,3-6H2,1-2H3,(H,14,15,17). The number of aryl methyl sites for hydroxylation is 1. The molecule has 22 heavy (non-hydrogen) atoms. The Labute approximate surface area is 126 Å². The molecule has 0 aliphatic carbocycles. The maximum Gasteiger partial charge on any atom is 0.337 e. The van der Waals surface area contributed by atoms with Gasteiger partial charge in [0.2, 0.25) is 5.71 Å². The van der Waals surface area contributed by atoms with Crippen LogP contribution < -0.4 is 15.9 Å². The second-order valence-corrected chi connectivity index (χ2v) is 7.09. The molecule has 0 atom stereocenters. The van der Waals surface area contributed by atoms with Crippen molar-refractivity contribution >= 4 is 20.9 Å². The molecule has 0 spiro atoms. The lowest BCUT2D eigenvalue weighted by atomic mass is 10.1. The first-order valence-corrected chi connectivity index (χ1v) is 8.74. The Balaban J connectivity index is 2.26. The number of aromatic amines is 1. The molecule has 0 unspecified atom stereocenters. The van der Waals surface area contributed by atoms with Crippen molar-refractivity contribution in [3.8, 4) is 6.01 Å². The fourth-order valence-corrected chi connectivity index (χ4v) is 2.61. The maximum absolute atomic E-state index is 12.0. The molecule has 2 heterocycles. The Bertz CT molecular complexity index is 897. The lowest BCUT2D eigenvalue weighted by molar-refractivity contribution is 0.291. The van der Waals surface area contributed by atoms with E-state index in [1.165, 1.54) is 6.07 Å². The zero-order chi connectivity index (χ0) is 16.3. The van der Waals surface area contributed by atoms with Gasteiger partial charge in [-0.15, -0.1) is 0 Å². The summed E-state index contributed by atoms with van der Waals surface area (Å²) in [5, 5.41) is 0.214. The number of hydrogen-bond acceptors (Lipinski definition) is 7. The van der Waals surface area contributed by atoms with Crippen molar-refractivity contribution in [3.05, 3.63) is 32.4 Å². The minimum absolute atomic E-state index is 0.0279. The molecule has 8 nitrogen and oxygen atoms in total. The Morgan fingerprint density at radius 2 is 2.09 bits per heavy atom. The van der Waals surface area contributed by atoms with Crippen molar-refractivity contribution in [1.29, 1.82) is 0 Å². The Kier molecular flexibility index (Phi) is 4.65. The van der Waals surface area contributed by atoms with Gasteiger partial charge >= 0.3 is 5.63 Å². The zero-order valence-corrected chi connectivity index (χ0v) is 13.0. The van der Waals surface area contributed by atoms with Crippen LogP contribution in [0.2, 0.25) is 0 Å². The Morgan fingerprint density at radius 3 is 2.73 bits per heavy atom. The fourth-order valence-electron chi connectivity index (χ4n) is 1.97. The molecule has 9 heteroatoms. The predicted octanol–water partition coefficient (Wildman–Crippen LogP) is 0.252. The van der Waals surface area contributed by atoms with Gasteiger partial charge < -0.3 is 9.15 Å². The van der Waals surface area contributed by atoms with Gasteiger partial charge in [0.15, 0.2) is 0 Å². The summed E-state index contributed by atoms with van der Waals surface area (Å²) in [4.78, 5) is 29.9. The quantitative estimate of drug-likeness (QED) is 0.755. The van der Waals surface area contributed by atoms with E-state index in [9.17, 15) is 18.0 Å². The van der Waals surface area contributed by atoms with E-state index in [0.717, 1.165) is 6.26 Å². The predicted molar refractivity (Wildman–Crippen MR) is 80.1 cm³/mol. The van der Waals surface area contributed by atoms with Crippen molar-refractivity contribution in [3.63, 3.8) is 0 Å². The molecule has 2 aromatic heterocycles. The van der Waals surface area contributed by atoms with Crippen molar-refractivity contribution in [2.75, 3.05) is 18.6 Å². The maximum atomic E-state index is 12.0. The van der Waals surface area contributed by atoms with E-state index in [0.29, 0.717) is 12.0 Å². The molecule has 0 fully saturated rings. The summed E-state index contributed by atoms with van der Waals surface area (Å²) in [7, 11) is -3.07. The summed E-state index contributed by atoms with van der Waals surface area (Å²) in [6.45, 7) is 1.88. The summed E-state index contributed by atoms with van der Waals surface area (Å²) in [6, 6.07) is 1.15. The molecule has 0 aromatic carbocycles. The summed E-state index contributed by atoms with van der Waals surface area (Å²) in [5.74, 6) is -0.0279. The normalized spacial score (nSPS) is 11.7. The highest BCUT2D eigenvalue weighted by atomic mass is 32.2. The highest BCUT2D eigenvalue weighted by molar-refractivity contribution is 7.90. The van der Waals surface area contributed by atoms with Gasteiger partial charge in [0, 0.05) is 12.3 Å². The summed E-state index contributed by atoms with van der Waals surface area (Å²) in [6.07, 6.45) is 1.88. The van der Waals surface area contributed by atoms with E-state index >= 15 is 0 Å². The Morgan fingerprint density at radius 1 is 1.36 bits per heavy atom. The van der Waals surface area contributed by atoms with E-state index in [4.69, 9.17) is 9.15 Å². The third-order valence-corrected chi connectivity index (χ3v) is 3.98. The van der Waals surface area contributed by atoms with Crippen LogP contribution in [0.15, 0.2) is 20.1 Å². The van der Waals surface area contributed by atoms with Crippen LogP contribution in [-0.2, 0) is 16.3 Å². The molecule has 2 aromatic rings. The first kappa shape index (κ1) is 16.2. The molecule has 1 N–H and O–H groups in total. The number of ether oxygens (including phenoxy) is 1. The van der Waals surface area contributed by atoms with Crippen molar-refractivity contribution < 1.29 is 17.6 Å². The number of hydrogen-bond donors (Lipinski definition) is 1. The Hall–Kier alpha value is -2.16.